The first-order valence-electron chi connectivity index (χ1n) is 11.1. The Hall–Kier alpha value is -3.86. The zero-order chi connectivity index (χ0) is 26.5. The number of carbonyl (C=O) groups is 2. The second-order valence-electron chi connectivity index (χ2n) is 9.45. The molecule has 1 aromatic carbocycles. The van der Waals surface area contributed by atoms with Gasteiger partial charge in [-0.05, 0) is 45.0 Å². The van der Waals surface area contributed by atoms with Gasteiger partial charge >= 0.3 is 17.6 Å². The number of esters is 2. The number of halogens is 1. The van der Waals surface area contributed by atoms with Gasteiger partial charge in [-0.1, -0.05) is 11.6 Å². The van der Waals surface area contributed by atoms with Crippen LogP contribution in [0.1, 0.15) is 38.2 Å². The molecule has 4 aromatic rings. The molecule has 0 fully saturated rings. The fourth-order valence-electron chi connectivity index (χ4n) is 4.06. The number of hydrogen-bond acceptors (Lipinski definition) is 7. The summed E-state index contributed by atoms with van der Waals surface area (Å²) in [6.07, 6.45) is 0. The van der Waals surface area contributed by atoms with Gasteiger partial charge in [-0.2, -0.15) is 0 Å². The molecule has 0 spiro atoms. The minimum Gasteiger partial charge on any atom is -0.468 e. The molecule has 0 amide bonds. The first-order valence-corrected chi connectivity index (χ1v) is 11.4. The molecule has 1 N–H and O–H groups in total. The van der Waals surface area contributed by atoms with Crippen LogP contribution in [-0.2, 0) is 39.7 Å². The van der Waals surface area contributed by atoms with Gasteiger partial charge in [-0.3, -0.25) is 23.5 Å². The van der Waals surface area contributed by atoms with Gasteiger partial charge in [-0.25, -0.2) is 9.78 Å². The Bertz CT molecular complexity index is 1640. The molecule has 3 aromatic heterocycles. The van der Waals surface area contributed by atoms with Crippen molar-refractivity contribution in [1.29, 1.82) is 0 Å². The maximum absolute atomic E-state index is 13.5. The van der Waals surface area contributed by atoms with E-state index in [1.165, 1.54) is 23.2 Å². The van der Waals surface area contributed by atoms with E-state index in [1.54, 1.807) is 32.9 Å². The van der Waals surface area contributed by atoms with E-state index in [4.69, 9.17) is 21.1 Å². The smallest absolute Gasteiger partial charge is 0.332 e. The summed E-state index contributed by atoms with van der Waals surface area (Å²) < 4.78 is 13.8. The second-order valence-corrected chi connectivity index (χ2v) is 9.89. The van der Waals surface area contributed by atoms with Crippen LogP contribution in [0.4, 0.5) is 0 Å². The zero-order valence-electron chi connectivity index (χ0n) is 20.7. The number of nitrogens with one attached hydrogen (secondary N) is 1. The Balaban J connectivity index is 1.87. The summed E-state index contributed by atoms with van der Waals surface area (Å²) in [5, 5.41) is 1.40. The average Bonchev–Trinajstić information content (AvgIpc) is 3.34. The zero-order valence-corrected chi connectivity index (χ0v) is 21.5. The fraction of sp³-hybridized carbons (Fsp3) is 0.375. The number of carbonyl (C=O) groups excluding carboxylic acids is 2. The lowest BCUT2D eigenvalue weighted by molar-refractivity contribution is -0.163. The van der Waals surface area contributed by atoms with Crippen molar-refractivity contribution in [1.82, 2.24) is 23.7 Å². The summed E-state index contributed by atoms with van der Waals surface area (Å²) >= 11 is 6.06. The average molecular weight is 516 g/mol. The van der Waals surface area contributed by atoms with Crippen LogP contribution in [0.3, 0.4) is 0 Å². The van der Waals surface area contributed by atoms with Crippen molar-refractivity contribution in [3.63, 3.8) is 0 Å². The SMILES string of the molecule is COC(=O)C(C(=O)OC(C)(C)C)c1nc2c(c(=O)n(Cc3cc4cc(Cl)ccc4[nH]3)c(=O)n2C)n1C. The minimum absolute atomic E-state index is 0.0274. The summed E-state index contributed by atoms with van der Waals surface area (Å²) in [6, 6.07) is 7.13. The van der Waals surface area contributed by atoms with E-state index in [2.05, 4.69) is 9.97 Å². The third-order valence-corrected chi connectivity index (χ3v) is 5.93. The molecule has 1 atom stereocenters. The predicted molar refractivity (Wildman–Crippen MR) is 133 cm³/mol. The lowest BCUT2D eigenvalue weighted by Gasteiger charge is -2.22. The number of rotatable bonds is 5. The summed E-state index contributed by atoms with van der Waals surface area (Å²) in [5.41, 5.74) is -0.615. The number of aromatic nitrogens is 5. The van der Waals surface area contributed by atoms with E-state index >= 15 is 0 Å². The Morgan fingerprint density at radius 1 is 1.11 bits per heavy atom. The van der Waals surface area contributed by atoms with Crippen molar-refractivity contribution < 1.29 is 19.1 Å². The Morgan fingerprint density at radius 2 is 1.81 bits per heavy atom. The van der Waals surface area contributed by atoms with Crippen molar-refractivity contribution in [3.8, 4) is 0 Å². The molecule has 12 heteroatoms. The Kier molecular flexibility index (Phi) is 6.29. The fourth-order valence-corrected chi connectivity index (χ4v) is 4.24. The molecule has 0 saturated carbocycles. The first kappa shape index (κ1) is 25.2. The number of H-pyrrole nitrogens is 1. The number of hydrogen-bond donors (Lipinski definition) is 1. The van der Waals surface area contributed by atoms with Gasteiger partial charge in [0.1, 0.15) is 11.4 Å². The van der Waals surface area contributed by atoms with Crippen molar-refractivity contribution in [2.75, 3.05) is 7.11 Å². The van der Waals surface area contributed by atoms with Gasteiger partial charge in [0.2, 0.25) is 5.92 Å². The number of fused-ring (bicyclic) bond motifs is 2. The molecule has 0 aliphatic rings. The van der Waals surface area contributed by atoms with Crippen molar-refractivity contribution >= 4 is 45.6 Å². The van der Waals surface area contributed by atoms with Gasteiger partial charge < -0.3 is 19.0 Å². The number of imidazole rings is 1. The topological polar surface area (TPSA) is 130 Å². The van der Waals surface area contributed by atoms with Crippen LogP contribution in [0.15, 0.2) is 33.9 Å². The van der Waals surface area contributed by atoms with Gasteiger partial charge in [0, 0.05) is 35.7 Å². The van der Waals surface area contributed by atoms with E-state index < -0.39 is 34.7 Å². The molecule has 1 unspecified atom stereocenters. The molecule has 0 aliphatic heterocycles. The third kappa shape index (κ3) is 4.41. The second kappa shape index (κ2) is 8.98. The highest BCUT2D eigenvalue weighted by Gasteiger charge is 2.38. The quantitative estimate of drug-likeness (QED) is 0.318. The van der Waals surface area contributed by atoms with Crippen LogP contribution in [0.5, 0.6) is 0 Å². The van der Waals surface area contributed by atoms with Crippen LogP contribution in [0.2, 0.25) is 5.02 Å². The van der Waals surface area contributed by atoms with Crippen molar-refractivity contribution in [2.45, 2.75) is 38.8 Å². The van der Waals surface area contributed by atoms with E-state index in [1.807, 2.05) is 12.1 Å². The maximum Gasteiger partial charge on any atom is 0.332 e. The Morgan fingerprint density at radius 3 is 2.44 bits per heavy atom. The molecule has 3 heterocycles. The molecular formula is C24H26ClN5O6. The molecule has 0 bridgehead atoms. The van der Waals surface area contributed by atoms with Crippen LogP contribution in [0.25, 0.3) is 22.1 Å². The standard InChI is InChI=1S/C24H26ClN5O6/c1-24(2,3)36-22(33)16(21(32)35-6)18-27-19-17(28(18)4)20(31)30(23(34)29(19)5)11-14-10-12-9-13(25)7-8-15(12)26-14/h7-10,16,26H,11H2,1-6H3. The van der Waals surface area contributed by atoms with Gasteiger partial charge in [0.05, 0.1) is 13.7 Å². The predicted octanol–water partition coefficient (Wildman–Crippen LogP) is 2.21. The van der Waals surface area contributed by atoms with Gasteiger partial charge in [0.25, 0.3) is 5.56 Å². The molecule has 36 heavy (non-hydrogen) atoms. The summed E-state index contributed by atoms with van der Waals surface area (Å²) in [5.74, 6) is -3.40. The van der Waals surface area contributed by atoms with Crippen LogP contribution in [0, 0.1) is 0 Å². The highest BCUT2D eigenvalue weighted by Crippen LogP contribution is 2.24. The summed E-state index contributed by atoms with van der Waals surface area (Å²) in [6.45, 7) is 4.94. The largest absolute Gasteiger partial charge is 0.468 e. The number of ether oxygens (including phenoxy) is 2. The highest BCUT2D eigenvalue weighted by atomic mass is 35.5. The lowest BCUT2D eigenvalue weighted by Crippen LogP contribution is -2.40. The number of aromatic amines is 1. The number of methoxy groups -OCH3 is 1. The lowest BCUT2D eigenvalue weighted by atomic mass is 10.1. The van der Waals surface area contributed by atoms with Crippen molar-refractivity contribution in [3.05, 3.63) is 61.6 Å². The number of benzene rings is 1. The molecule has 0 saturated heterocycles. The molecule has 0 aliphatic carbocycles. The van der Waals surface area contributed by atoms with Crippen LogP contribution < -0.4 is 11.2 Å². The van der Waals surface area contributed by atoms with Gasteiger partial charge in [-0.15, -0.1) is 0 Å². The van der Waals surface area contributed by atoms with E-state index in [9.17, 15) is 19.2 Å². The maximum atomic E-state index is 13.5. The first-order chi connectivity index (χ1) is 16.8. The van der Waals surface area contributed by atoms with E-state index in [0.717, 1.165) is 22.6 Å². The van der Waals surface area contributed by atoms with Crippen molar-refractivity contribution in [2.24, 2.45) is 14.1 Å². The molecular weight excluding hydrogens is 490 g/mol. The van der Waals surface area contributed by atoms with Crippen LogP contribution in [-0.4, -0.2) is 48.3 Å². The van der Waals surface area contributed by atoms with Crippen LogP contribution >= 0.6 is 11.6 Å². The summed E-state index contributed by atoms with van der Waals surface area (Å²) in [7, 11) is 4.09. The molecule has 190 valence electrons. The monoisotopic (exact) mass is 515 g/mol. The number of aryl methyl sites for hydroxylation is 2. The minimum atomic E-state index is -1.55. The van der Waals surface area contributed by atoms with E-state index in [-0.39, 0.29) is 23.5 Å². The highest BCUT2D eigenvalue weighted by molar-refractivity contribution is 6.31. The third-order valence-electron chi connectivity index (χ3n) is 5.70. The normalized spacial score (nSPS) is 12.8. The van der Waals surface area contributed by atoms with E-state index in [0.29, 0.717) is 10.7 Å². The van der Waals surface area contributed by atoms with Gasteiger partial charge in [0.15, 0.2) is 11.2 Å². The molecule has 4 rings (SSSR count). The molecule has 11 nitrogen and oxygen atoms in total. The Labute approximate surface area is 210 Å². The number of nitrogens with zero attached hydrogens (tertiary/aromatic N) is 4. The summed E-state index contributed by atoms with van der Waals surface area (Å²) in [4.78, 5) is 59.6. The molecule has 0 radical (unpaired) electrons.